The summed E-state index contributed by atoms with van der Waals surface area (Å²) in [6.07, 6.45) is 2.26. The van der Waals surface area contributed by atoms with E-state index in [0.29, 0.717) is 29.0 Å². The summed E-state index contributed by atoms with van der Waals surface area (Å²) >= 11 is 0.940. The van der Waals surface area contributed by atoms with Crippen molar-refractivity contribution in [2.75, 3.05) is 18.6 Å². The van der Waals surface area contributed by atoms with Crippen LogP contribution in [0, 0.1) is 6.92 Å². The van der Waals surface area contributed by atoms with Gasteiger partial charge in [0.25, 0.3) is 5.78 Å². The molecule has 2 aromatic carbocycles. The van der Waals surface area contributed by atoms with E-state index in [1.165, 1.54) is 12.0 Å². The SMILES string of the molecule is C=CCOc1cccc([C@H]2C(=C(O)c3ccc4c(c3)C[C@H](C)O4)C(=O)C(=O)N2c2nc(C)c(C(=O)OC)s2)c1. The van der Waals surface area contributed by atoms with Crippen LogP contribution in [0.25, 0.3) is 5.76 Å². The number of carbonyl (C=O) groups excluding carboxylic acids is 3. The minimum absolute atomic E-state index is 0.00145. The zero-order chi connectivity index (χ0) is 27.8. The molecule has 0 aliphatic carbocycles. The van der Waals surface area contributed by atoms with Crippen LogP contribution in [0.3, 0.4) is 0 Å². The van der Waals surface area contributed by atoms with Gasteiger partial charge in [0.1, 0.15) is 34.8 Å². The van der Waals surface area contributed by atoms with Crippen LogP contribution in [0.5, 0.6) is 11.5 Å². The molecule has 2 atom stereocenters. The van der Waals surface area contributed by atoms with Crippen molar-refractivity contribution in [3.05, 3.63) is 88.0 Å². The first-order valence-electron chi connectivity index (χ1n) is 12.2. The summed E-state index contributed by atoms with van der Waals surface area (Å²) in [7, 11) is 1.25. The number of ether oxygens (including phenoxy) is 3. The summed E-state index contributed by atoms with van der Waals surface area (Å²) in [5.41, 5.74) is 2.07. The van der Waals surface area contributed by atoms with Gasteiger partial charge in [-0.1, -0.05) is 36.1 Å². The third-order valence-electron chi connectivity index (χ3n) is 6.52. The predicted molar refractivity (Wildman–Crippen MR) is 145 cm³/mol. The van der Waals surface area contributed by atoms with Crippen LogP contribution in [0.15, 0.2) is 60.7 Å². The van der Waals surface area contributed by atoms with E-state index >= 15 is 0 Å². The van der Waals surface area contributed by atoms with Gasteiger partial charge < -0.3 is 19.3 Å². The number of hydrogen-bond donors (Lipinski definition) is 1. The van der Waals surface area contributed by atoms with Gasteiger partial charge in [-0.25, -0.2) is 9.78 Å². The summed E-state index contributed by atoms with van der Waals surface area (Å²) in [6.45, 7) is 7.49. The van der Waals surface area contributed by atoms with Gasteiger partial charge in [0, 0.05) is 12.0 Å². The van der Waals surface area contributed by atoms with Gasteiger partial charge in [0.2, 0.25) is 0 Å². The van der Waals surface area contributed by atoms with Crippen LogP contribution >= 0.6 is 11.3 Å². The first kappa shape index (κ1) is 26.2. The molecule has 1 amide bonds. The molecule has 39 heavy (non-hydrogen) atoms. The van der Waals surface area contributed by atoms with Crippen molar-refractivity contribution in [2.45, 2.75) is 32.4 Å². The average Bonchev–Trinajstić information content (AvgIpc) is 3.58. The zero-order valence-electron chi connectivity index (χ0n) is 21.6. The number of aliphatic hydroxyl groups excluding tert-OH is 1. The molecule has 10 heteroatoms. The van der Waals surface area contributed by atoms with Crippen LogP contribution in [0.2, 0.25) is 0 Å². The molecule has 5 rings (SSSR count). The minimum Gasteiger partial charge on any atom is -0.507 e. The van der Waals surface area contributed by atoms with Crippen LogP contribution in [-0.4, -0.2) is 47.6 Å². The molecular formula is C29H26N2O7S. The number of methoxy groups -OCH3 is 1. The minimum atomic E-state index is -1.03. The second-order valence-electron chi connectivity index (χ2n) is 9.20. The number of rotatable bonds is 7. The third-order valence-corrected chi connectivity index (χ3v) is 7.65. The Kier molecular flexibility index (Phi) is 6.96. The van der Waals surface area contributed by atoms with Gasteiger partial charge in [0.15, 0.2) is 5.13 Å². The Morgan fingerprint density at radius 1 is 1.28 bits per heavy atom. The summed E-state index contributed by atoms with van der Waals surface area (Å²) in [6, 6.07) is 11.0. The first-order chi connectivity index (χ1) is 18.7. The van der Waals surface area contributed by atoms with Crippen LogP contribution in [0.1, 0.15) is 45.0 Å². The maximum atomic E-state index is 13.5. The number of aryl methyl sites for hydroxylation is 1. The average molecular weight is 547 g/mol. The molecule has 0 bridgehead atoms. The Labute approximate surface area is 229 Å². The highest BCUT2D eigenvalue weighted by molar-refractivity contribution is 7.17. The Balaban J connectivity index is 1.68. The number of aliphatic hydroxyl groups is 1. The molecule has 0 radical (unpaired) electrons. The van der Waals surface area contributed by atoms with E-state index in [9.17, 15) is 19.5 Å². The Bertz CT molecular complexity index is 1540. The largest absolute Gasteiger partial charge is 0.507 e. The molecule has 2 aliphatic heterocycles. The molecule has 0 unspecified atom stereocenters. The quantitative estimate of drug-likeness (QED) is 0.148. The van der Waals surface area contributed by atoms with Crippen LogP contribution < -0.4 is 14.4 Å². The first-order valence-corrected chi connectivity index (χ1v) is 13.1. The molecule has 1 fully saturated rings. The molecule has 0 saturated carbocycles. The Morgan fingerprint density at radius 2 is 2.08 bits per heavy atom. The van der Waals surface area contributed by atoms with Crippen molar-refractivity contribution in [3.8, 4) is 11.5 Å². The molecule has 1 N–H and O–H groups in total. The van der Waals surface area contributed by atoms with Gasteiger partial charge in [-0.05, 0) is 55.3 Å². The number of benzene rings is 2. The lowest BCUT2D eigenvalue weighted by Gasteiger charge is -2.23. The topological polar surface area (TPSA) is 115 Å². The van der Waals surface area contributed by atoms with E-state index in [-0.39, 0.29) is 34.1 Å². The van der Waals surface area contributed by atoms with Crippen LogP contribution in [-0.2, 0) is 20.7 Å². The number of amides is 1. The number of anilines is 1. The number of ketones is 1. The number of hydrogen-bond acceptors (Lipinski definition) is 9. The van der Waals surface area contributed by atoms with Crippen molar-refractivity contribution < 1.29 is 33.7 Å². The smallest absolute Gasteiger partial charge is 0.350 e. The lowest BCUT2D eigenvalue weighted by molar-refractivity contribution is -0.132. The van der Waals surface area contributed by atoms with Crippen molar-refractivity contribution in [3.63, 3.8) is 0 Å². The standard InChI is InChI=1S/C29H26N2O7S/c1-5-11-37-20-8-6-7-17(14-20)23-22(24(32)18-9-10-21-19(13-18)12-15(2)38-21)25(33)27(34)31(23)29-30-16(3)26(39-29)28(35)36-4/h5-10,13-15,23,32H,1,11-12H2,2-4H3/t15-,23-/m0/s1. The van der Waals surface area contributed by atoms with Gasteiger partial charge in [0.05, 0.1) is 24.4 Å². The Morgan fingerprint density at radius 3 is 2.82 bits per heavy atom. The summed E-state index contributed by atoms with van der Waals surface area (Å²) < 4.78 is 16.3. The molecule has 1 aromatic heterocycles. The van der Waals surface area contributed by atoms with Crippen molar-refractivity contribution >= 4 is 39.9 Å². The molecule has 3 heterocycles. The van der Waals surface area contributed by atoms with E-state index in [4.69, 9.17) is 14.2 Å². The number of thiazole rings is 1. The number of nitrogens with zero attached hydrogens (tertiary/aromatic N) is 2. The Hall–Kier alpha value is -4.44. The van der Waals surface area contributed by atoms with E-state index in [2.05, 4.69) is 11.6 Å². The highest BCUT2D eigenvalue weighted by Crippen LogP contribution is 2.45. The third kappa shape index (κ3) is 4.67. The molecular weight excluding hydrogens is 520 g/mol. The highest BCUT2D eigenvalue weighted by atomic mass is 32.1. The molecule has 200 valence electrons. The second kappa shape index (κ2) is 10.4. The van der Waals surface area contributed by atoms with Gasteiger partial charge in [-0.2, -0.15) is 0 Å². The van der Waals surface area contributed by atoms with E-state index in [1.807, 2.05) is 6.92 Å². The van der Waals surface area contributed by atoms with E-state index in [1.54, 1.807) is 55.5 Å². The monoisotopic (exact) mass is 546 g/mol. The lowest BCUT2D eigenvalue weighted by Crippen LogP contribution is -2.29. The van der Waals surface area contributed by atoms with Gasteiger partial charge in [-0.15, -0.1) is 0 Å². The molecule has 2 aliphatic rings. The fourth-order valence-corrected chi connectivity index (χ4v) is 5.78. The number of carbonyl (C=O) groups is 3. The molecule has 3 aromatic rings. The number of esters is 1. The van der Waals surface area contributed by atoms with Crippen molar-refractivity contribution in [1.82, 2.24) is 4.98 Å². The number of aromatic nitrogens is 1. The van der Waals surface area contributed by atoms with E-state index < -0.39 is 23.7 Å². The maximum Gasteiger partial charge on any atom is 0.350 e. The van der Waals surface area contributed by atoms with Gasteiger partial charge >= 0.3 is 11.9 Å². The lowest BCUT2D eigenvalue weighted by atomic mass is 9.94. The van der Waals surface area contributed by atoms with Crippen molar-refractivity contribution in [2.24, 2.45) is 0 Å². The maximum absolute atomic E-state index is 13.5. The predicted octanol–water partition coefficient (Wildman–Crippen LogP) is 4.75. The molecule has 1 saturated heterocycles. The molecule has 0 spiro atoms. The summed E-state index contributed by atoms with van der Waals surface area (Å²) in [5, 5.41) is 11.6. The summed E-state index contributed by atoms with van der Waals surface area (Å²) in [4.78, 5) is 45.1. The fraction of sp³-hybridized carbons (Fsp3) is 0.241. The number of fused-ring (bicyclic) bond motifs is 1. The van der Waals surface area contributed by atoms with Crippen molar-refractivity contribution in [1.29, 1.82) is 0 Å². The zero-order valence-corrected chi connectivity index (χ0v) is 22.4. The van der Waals surface area contributed by atoms with Crippen LogP contribution in [0.4, 0.5) is 5.13 Å². The summed E-state index contributed by atoms with van der Waals surface area (Å²) in [5.74, 6) is -1.44. The second-order valence-corrected chi connectivity index (χ2v) is 10.2. The normalized spacial score (nSPS) is 19.5. The number of Topliss-reactive ketones (excluding diaryl/α,β-unsaturated/α-hetero) is 1. The van der Waals surface area contributed by atoms with E-state index in [0.717, 1.165) is 22.6 Å². The fourth-order valence-electron chi connectivity index (χ4n) is 4.77. The van der Waals surface area contributed by atoms with Gasteiger partial charge in [-0.3, -0.25) is 14.5 Å². The molecule has 9 nitrogen and oxygen atoms in total. The highest BCUT2D eigenvalue weighted by Gasteiger charge is 2.48.